The van der Waals surface area contributed by atoms with E-state index in [0.717, 1.165) is 0 Å². The second-order valence-corrected chi connectivity index (χ2v) is 4.46. The van der Waals surface area contributed by atoms with Gasteiger partial charge in [-0.1, -0.05) is 0 Å². The van der Waals surface area contributed by atoms with E-state index in [1.54, 1.807) is 19.9 Å². The van der Waals surface area contributed by atoms with E-state index in [-0.39, 0.29) is 22.0 Å². The minimum Gasteiger partial charge on any atom is -0.506 e. The molecule has 0 aliphatic heterocycles. The van der Waals surface area contributed by atoms with E-state index in [9.17, 15) is 19.8 Å². The number of fused-ring (bicyclic) bond motifs is 1. The summed E-state index contributed by atoms with van der Waals surface area (Å²) in [7, 11) is 0. The van der Waals surface area contributed by atoms with Gasteiger partial charge in [-0.25, -0.2) is 4.79 Å². The predicted octanol–water partition coefficient (Wildman–Crippen LogP) is 2.02. The lowest BCUT2D eigenvalue weighted by molar-refractivity contribution is 0.0372. The second kappa shape index (κ2) is 5.16. The summed E-state index contributed by atoms with van der Waals surface area (Å²) < 4.78 is 4.97. The first-order valence-electron chi connectivity index (χ1n) is 5.96. The molecule has 0 radical (unpaired) electrons. The molecule has 2 N–H and O–H groups in total. The molecule has 1 heterocycles. The number of phenolic OH excluding ortho intramolecular Hbond substituents is 2. The van der Waals surface area contributed by atoms with Gasteiger partial charge in [0, 0.05) is 11.6 Å². The van der Waals surface area contributed by atoms with Crippen LogP contribution in [0.25, 0.3) is 10.9 Å². The lowest BCUT2D eigenvalue weighted by Crippen LogP contribution is -2.14. The van der Waals surface area contributed by atoms with Crippen LogP contribution in [-0.4, -0.2) is 33.6 Å². The number of ether oxygens (including phenoxy) is 1. The zero-order valence-corrected chi connectivity index (χ0v) is 11.0. The van der Waals surface area contributed by atoms with Crippen LogP contribution in [0.15, 0.2) is 18.3 Å². The highest BCUT2D eigenvalue weighted by molar-refractivity contribution is 6.10. The van der Waals surface area contributed by atoms with Crippen molar-refractivity contribution >= 4 is 23.2 Å². The molecular weight excluding hydrogens is 262 g/mol. The molecule has 2 aromatic rings. The number of hydrogen-bond acceptors (Lipinski definition) is 6. The molecule has 1 aromatic heterocycles. The van der Waals surface area contributed by atoms with E-state index in [4.69, 9.17) is 4.74 Å². The van der Waals surface area contributed by atoms with Crippen molar-refractivity contribution in [3.63, 3.8) is 0 Å². The number of carbonyl (C=O) groups is 2. The fraction of sp³-hybridized carbons (Fsp3) is 0.214. The highest BCUT2D eigenvalue weighted by atomic mass is 16.5. The van der Waals surface area contributed by atoms with Gasteiger partial charge in [-0.2, -0.15) is 0 Å². The van der Waals surface area contributed by atoms with Crippen molar-refractivity contribution in [1.82, 2.24) is 4.98 Å². The smallest absolute Gasteiger partial charge is 0.343 e. The number of rotatable bonds is 3. The zero-order chi connectivity index (χ0) is 14.9. The third kappa shape index (κ3) is 2.16. The van der Waals surface area contributed by atoms with Gasteiger partial charge >= 0.3 is 5.97 Å². The van der Waals surface area contributed by atoms with E-state index in [1.807, 2.05) is 0 Å². The molecule has 6 heteroatoms. The van der Waals surface area contributed by atoms with Crippen molar-refractivity contribution < 1.29 is 24.5 Å². The van der Waals surface area contributed by atoms with Crippen LogP contribution in [-0.2, 0) is 4.74 Å². The summed E-state index contributed by atoms with van der Waals surface area (Å²) in [5.74, 6) is -1.77. The lowest BCUT2D eigenvalue weighted by atomic mass is 10.0. The minimum absolute atomic E-state index is 0.0336. The molecule has 0 atom stereocenters. The molecule has 0 fully saturated rings. The van der Waals surface area contributed by atoms with Crippen LogP contribution in [0, 0.1) is 0 Å². The van der Waals surface area contributed by atoms with Crippen molar-refractivity contribution in [2.45, 2.75) is 20.0 Å². The van der Waals surface area contributed by atoms with Crippen LogP contribution in [0.3, 0.4) is 0 Å². The predicted molar refractivity (Wildman–Crippen MR) is 71.0 cm³/mol. The summed E-state index contributed by atoms with van der Waals surface area (Å²) >= 11 is 0. The SMILES string of the molecule is CC(C)OC(=O)c1c(C=O)c(O)c2cccnc2c1O. The van der Waals surface area contributed by atoms with Gasteiger partial charge in [0.2, 0.25) is 0 Å². The van der Waals surface area contributed by atoms with E-state index in [0.29, 0.717) is 6.29 Å². The Morgan fingerprint density at radius 2 is 2.05 bits per heavy atom. The monoisotopic (exact) mass is 275 g/mol. The number of carbonyl (C=O) groups excluding carboxylic acids is 2. The maximum absolute atomic E-state index is 12.0. The van der Waals surface area contributed by atoms with Crippen LogP contribution in [0.1, 0.15) is 34.6 Å². The van der Waals surface area contributed by atoms with E-state index >= 15 is 0 Å². The number of nitrogens with zero attached hydrogens (tertiary/aromatic N) is 1. The maximum Gasteiger partial charge on any atom is 0.343 e. The summed E-state index contributed by atoms with van der Waals surface area (Å²) in [6.07, 6.45) is 1.28. The van der Waals surface area contributed by atoms with Crippen molar-refractivity contribution in [2.24, 2.45) is 0 Å². The average Bonchev–Trinajstić information content (AvgIpc) is 2.41. The number of phenols is 2. The minimum atomic E-state index is -0.887. The first kappa shape index (κ1) is 13.8. The summed E-state index contributed by atoms with van der Waals surface area (Å²) in [5, 5.41) is 20.4. The Hall–Kier alpha value is -2.63. The molecule has 6 nitrogen and oxygen atoms in total. The third-order valence-electron chi connectivity index (χ3n) is 2.71. The molecule has 0 amide bonds. The molecule has 2 rings (SSSR count). The number of aldehydes is 1. The molecule has 0 unspecified atom stereocenters. The van der Waals surface area contributed by atoms with Crippen LogP contribution in [0.2, 0.25) is 0 Å². The second-order valence-electron chi connectivity index (χ2n) is 4.46. The van der Waals surface area contributed by atoms with Crippen molar-refractivity contribution in [3.8, 4) is 11.5 Å². The van der Waals surface area contributed by atoms with Gasteiger partial charge in [-0.05, 0) is 26.0 Å². The molecule has 1 aromatic carbocycles. The molecule has 20 heavy (non-hydrogen) atoms. The Morgan fingerprint density at radius 1 is 1.35 bits per heavy atom. The van der Waals surface area contributed by atoms with Crippen LogP contribution in [0.5, 0.6) is 11.5 Å². The summed E-state index contributed by atoms with van der Waals surface area (Å²) in [6, 6.07) is 3.03. The summed E-state index contributed by atoms with van der Waals surface area (Å²) in [6.45, 7) is 3.27. The third-order valence-corrected chi connectivity index (χ3v) is 2.71. The highest BCUT2D eigenvalue weighted by Crippen LogP contribution is 2.37. The number of pyridine rings is 1. The van der Waals surface area contributed by atoms with Crippen LogP contribution < -0.4 is 0 Å². The summed E-state index contributed by atoms with van der Waals surface area (Å²) in [5.41, 5.74) is -0.655. The van der Waals surface area contributed by atoms with Crippen LogP contribution >= 0.6 is 0 Å². The molecular formula is C14H13NO5. The normalized spacial score (nSPS) is 10.8. The van der Waals surface area contributed by atoms with Crippen molar-refractivity contribution in [3.05, 3.63) is 29.5 Å². The number of hydrogen-bond donors (Lipinski definition) is 2. The Kier molecular flexibility index (Phi) is 3.56. The van der Waals surface area contributed by atoms with E-state index in [2.05, 4.69) is 4.98 Å². The fourth-order valence-electron chi connectivity index (χ4n) is 1.89. The Morgan fingerprint density at radius 3 is 2.65 bits per heavy atom. The number of benzene rings is 1. The van der Waals surface area contributed by atoms with Gasteiger partial charge < -0.3 is 14.9 Å². The van der Waals surface area contributed by atoms with Gasteiger partial charge in [0.25, 0.3) is 0 Å². The molecule has 0 aliphatic rings. The Labute approximate surface area is 114 Å². The first-order chi connectivity index (χ1) is 9.47. The van der Waals surface area contributed by atoms with E-state index in [1.165, 1.54) is 12.3 Å². The summed E-state index contributed by atoms with van der Waals surface area (Å²) in [4.78, 5) is 27.0. The fourth-order valence-corrected chi connectivity index (χ4v) is 1.89. The highest BCUT2D eigenvalue weighted by Gasteiger charge is 2.26. The molecule has 0 spiro atoms. The maximum atomic E-state index is 12.0. The molecule has 104 valence electrons. The van der Waals surface area contributed by atoms with Crippen LogP contribution in [0.4, 0.5) is 0 Å². The van der Waals surface area contributed by atoms with Crippen molar-refractivity contribution in [1.29, 1.82) is 0 Å². The molecule has 0 aliphatic carbocycles. The Balaban J connectivity index is 2.79. The van der Waals surface area contributed by atoms with Gasteiger partial charge in [0.1, 0.15) is 16.8 Å². The molecule has 0 saturated heterocycles. The van der Waals surface area contributed by atoms with Gasteiger partial charge in [0.05, 0.1) is 11.7 Å². The first-order valence-corrected chi connectivity index (χ1v) is 5.96. The largest absolute Gasteiger partial charge is 0.506 e. The van der Waals surface area contributed by atoms with E-state index < -0.39 is 23.6 Å². The lowest BCUT2D eigenvalue weighted by Gasteiger charge is -2.13. The molecule has 0 bridgehead atoms. The number of aromatic nitrogens is 1. The molecule has 0 saturated carbocycles. The number of aromatic hydroxyl groups is 2. The average molecular weight is 275 g/mol. The topological polar surface area (TPSA) is 96.7 Å². The standard InChI is InChI=1S/C14H13NO5/c1-7(2)20-14(19)10-9(6-16)12(17)8-4-3-5-15-11(8)13(10)18/h3-7,17-18H,1-2H3. The zero-order valence-electron chi connectivity index (χ0n) is 11.0. The van der Waals surface area contributed by atoms with Gasteiger partial charge in [-0.15, -0.1) is 0 Å². The van der Waals surface area contributed by atoms with Crippen molar-refractivity contribution in [2.75, 3.05) is 0 Å². The number of esters is 1. The quantitative estimate of drug-likeness (QED) is 0.505. The van der Waals surface area contributed by atoms with Gasteiger partial charge in [-0.3, -0.25) is 9.78 Å². The Bertz CT molecular complexity index is 694. The van der Waals surface area contributed by atoms with Gasteiger partial charge in [0.15, 0.2) is 12.0 Å².